The Bertz CT molecular complexity index is 890. The van der Waals surface area contributed by atoms with Crippen LogP contribution in [0.2, 0.25) is 0 Å². The van der Waals surface area contributed by atoms with E-state index in [1.807, 2.05) is 0 Å². The van der Waals surface area contributed by atoms with Crippen LogP contribution in [-0.2, 0) is 24.2 Å². The number of nitrogens with zero attached hydrogens (tertiary/aromatic N) is 2. The van der Waals surface area contributed by atoms with Gasteiger partial charge in [-0.1, -0.05) is 36.4 Å². The molecule has 30 heavy (non-hydrogen) atoms. The van der Waals surface area contributed by atoms with E-state index in [4.69, 9.17) is 0 Å². The van der Waals surface area contributed by atoms with E-state index in [9.17, 15) is 4.79 Å². The largest absolute Gasteiger partial charge is 0.338 e. The lowest BCUT2D eigenvalue weighted by molar-refractivity contribution is -0.133. The van der Waals surface area contributed by atoms with E-state index < -0.39 is 0 Å². The van der Waals surface area contributed by atoms with Crippen molar-refractivity contribution < 1.29 is 4.79 Å². The maximum absolute atomic E-state index is 12.5. The predicted octanol–water partition coefficient (Wildman–Crippen LogP) is 5.10. The number of fused-ring (bicyclic) bond motifs is 1. The molecule has 3 aliphatic rings. The highest BCUT2D eigenvalue weighted by molar-refractivity contribution is 5.85. The van der Waals surface area contributed by atoms with Crippen LogP contribution in [0, 0.1) is 5.92 Å². The molecule has 0 aromatic heterocycles. The molecule has 1 atom stereocenters. The van der Waals surface area contributed by atoms with Crippen molar-refractivity contribution >= 4 is 18.3 Å². The molecule has 0 bridgehead atoms. The highest BCUT2D eigenvalue weighted by Gasteiger charge is 2.34. The molecule has 5 rings (SSSR count). The summed E-state index contributed by atoms with van der Waals surface area (Å²) in [6.07, 6.45) is 6.99. The first kappa shape index (κ1) is 21.4. The maximum atomic E-state index is 12.5. The molecule has 160 valence electrons. The monoisotopic (exact) mass is 424 g/mol. The first-order chi connectivity index (χ1) is 14.2. The fraction of sp³-hybridized carbons (Fsp3) is 0.500. The smallest absolute Gasteiger partial charge is 0.225 e. The number of carbonyl (C=O) groups excluding carboxylic acids is 1. The van der Waals surface area contributed by atoms with E-state index in [2.05, 4.69) is 59.2 Å². The van der Waals surface area contributed by atoms with Crippen molar-refractivity contribution in [2.75, 3.05) is 19.6 Å². The van der Waals surface area contributed by atoms with Crippen LogP contribution >= 0.6 is 12.4 Å². The molecule has 2 aromatic carbocycles. The second kappa shape index (κ2) is 9.11. The third-order valence-electron chi connectivity index (χ3n) is 7.12. The molecule has 0 spiro atoms. The summed E-state index contributed by atoms with van der Waals surface area (Å²) in [6, 6.07) is 16.7. The van der Waals surface area contributed by atoms with Crippen LogP contribution in [0.25, 0.3) is 11.1 Å². The zero-order chi connectivity index (χ0) is 19.8. The average Bonchev–Trinajstić information content (AvgIpc) is 3.53. The van der Waals surface area contributed by atoms with Crippen molar-refractivity contribution in [3.05, 3.63) is 59.2 Å². The van der Waals surface area contributed by atoms with Gasteiger partial charge in [0, 0.05) is 31.6 Å². The van der Waals surface area contributed by atoms with Crippen molar-refractivity contribution in [1.82, 2.24) is 9.80 Å². The van der Waals surface area contributed by atoms with E-state index in [1.54, 1.807) is 0 Å². The topological polar surface area (TPSA) is 23.6 Å². The fourth-order valence-electron chi connectivity index (χ4n) is 4.97. The van der Waals surface area contributed by atoms with E-state index in [0.717, 1.165) is 44.8 Å². The summed E-state index contributed by atoms with van der Waals surface area (Å²) in [6.45, 7) is 6.45. The van der Waals surface area contributed by atoms with E-state index >= 15 is 0 Å². The van der Waals surface area contributed by atoms with Crippen LogP contribution in [0.3, 0.4) is 0 Å². The van der Waals surface area contributed by atoms with Crippen molar-refractivity contribution in [3.8, 4) is 11.1 Å². The molecule has 1 saturated heterocycles. The molecule has 2 aromatic rings. The summed E-state index contributed by atoms with van der Waals surface area (Å²) in [4.78, 5) is 17.2. The molecule has 2 heterocycles. The minimum atomic E-state index is 0. The van der Waals surface area contributed by atoms with E-state index in [1.165, 1.54) is 53.7 Å². The molecule has 1 saturated carbocycles. The Labute approximate surface area is 186 Å². The van der Waals surface area contributed by atoms with Crippen LogP contribution in [0.15, 0.2) is 42.5 Å². The van der Waals surface area contributed by atoms with Gasteiger partial charge in [0.1, 0.15) is 0 Å². The van der Waals surface area contributed by atoms with Gasteiger partial charge in [-0.25, -0.2) is 0 Å². The number of carbonyl (C=O) groups is 1. The van der Waals surface area contributed by atoms with Gasteiger partial charge in [-0.15, -0.1) is 12.4 Å². The van der Waals surface area contributed by atoms with Gasteiger partial charge >= 0.3 is 0 Å². The Kier molecular flexibility index (Phi) is 6.50. The Morgan fingerprint density at radius 2 is 1.73 bits per heavy atom. The van der Waals surface area contributed by atoms with Crippen LogP contribution < -0.4 is 0 Å². The number of likely N-dealkylation sites (tertiary alicyclic amines) is 1. The lowest BCUT2D eigenvalue weighted by atomic mass is 9.94. The van der Waals surface area contributed by atoms with Crippen LogP contribution in [-0.4, -0.2) is 41.4 Å². The van der Waals surface area contributed by atoms with Crippen molar-refractivity contribution in [1.29, 1.82) is 0 Å². The quantitative estimate of drug-likeness (QED) is 0.666. The van der Waals surface area contributed by atoms with Gasteiger partial charge in [0.05, 0.1) is 0 Å². The zero-order valence-corrected chi connectivity index (χ0v) is 18.8. The summed E-state index contributed by atoms with van der Waals surface area (Å²) in [5.41, 5.74) is 6.70. The van der Waals surface area contributed by atoms with Gasteiger partial charge in [0.2, 0.25) is 5.91 Å². The SMILES string of the molecule is CC1CCCN1CCc1ccc(-c2ccc3c(c2)CN(C(=O)C2CC2)CC3)cc1.Cl. The van der Waals surface area contributed by atoms with Gasteiger partial charge in [-0.3, -0.25) is 4.79 Å². The van der Waals surface area contributed by atoms with Crippen LogP contribution in [0.5, 0.6) is 0 Å². The number of benzene rings is 2. The highest BCUT2D eigenvalue weighted by Crippen LogP contribution is 2.33. The van der Waals surface area contributed by atoms with Gasteiger partial charge in [0.15, 0.2) is 0 Å². The molecule has 3 nitrogen and oxygen atoms in total. The van der Waals surface area contributed by atoms with Crippen LogP contribution in [0.4, 0.5) is 0 Å². The Morgan fingerprint density at radius 3 is 2.43 bits per heavy atom. The van der Waals surface area contributed by atoms with Gasteiger partial charge in [-0.2, -0.15) is 0 Å². The Hall–Kier alpha value is -1.84. The number of amides is 1. The summed E-state index contributed by atoms with van der Waals surface area (Å²) in [7, 11) is 0. The third-order valence-corrected chi connectivity index (χ3v) is 7.12. The summed E-state index contributed by atoms with van der Waals surface area (Å²) in [5, 5.41) is 0. The van der Waals surface area contributed by atoms with E-state index in [-0.39, 0.29) is 12.4 Å². The Morgan fingerprint density at radius 1 is 0.967 bits per heavy atom. The number of hydrogen-bond acceptors (Lipinski definition) is 2. The lowest BCUT2D eigenvalue weighted by Gasteiger charge is -2.29. The number of halogens is 1. The van der Waals surface area contributed by atoms with Gasteiger partial charge in [0.25, 0.3) is 0 Å². The molecule has 4 heteroatoms. The lowest BCUT2D eigenvalue weighted by Crippen LogP contribution is -2.36. The molecular weight excluding hydrogens is 392 g/mol. The minimum absolute atomic E-state index is 0. The fourth-order valence-corrected chi connectivity index (χ4v) is 4.97. The third kappa shape index (κ3) is 4.58. The second-order valence-electron chi connectivity index (χ2n) is 9.24. The Balaban J connectivity index is 0.00000218. The summed E-state index contributed by atoms with van der Waals surface area (Å²) in [5.74, 6) is 0.688. The molecule has 0 N–H and O–H groups in total. The first-order valence-corrected chi connectivity index (χ1v) is 11.4. The normalized spacial score (nSPS) is 21.2. The van der Waals surface area contributed by atoms with Crippen molar-refractivity contribution in [3.63, 3.8) is 0 Å². The second-order valence-corrected chi connectivity index (χ2v) is 9.24. The molecule has 1 amide bonds. The molecule has 2 fully saturated rings. The van der Waals surface area contributed by atoms with Gasteiger partial charge in [-0.05, 0) is 85.9 Å². The molecule has 1 aliphatic carbocycles. The summed E-state index contributed by atoms with van der Waals surface area (Å²) < 4.78 is 0. The average molecular weight is 425 g/mol. The maximum Gasteiger partial charge on any atom is 0.225 e. The summed E-state index contributed by atoms with van der Waals surface area (Å²) >= 11 is 0. The molecule has 2 aliphatic heterocycles. The predicted molar refractivity (Wildman–Crippen MR) is 125 cm³/mol. The molecule has 1 unspecified atom stereocenters. The van der Waals surface area contributed by atoms with Crippen molar-refractivity contribution in [2.24, 2.45) is 5.92 Å². The number of hydrogen-bond donors (Lipinski definition) is 0. The number of rotatable bonds is 5. The standard InChI is InChI=1S/C26H32N2O.ClH/c1-19-3-2-14-27(19)15-12-20-4-6-21(7-5-20)24-11-8-22-13-16-28(18-25(22)17-24)26(29)23-9-10-23;/h4-8,11,17,19,23H,2-3,9-10,12-16,18H2,1H3;1H. The minimum Gasteiger partial charge on any atom is -0.338 e. The van der Waals surface area contributed by atoms with Crippen molar-refractivity contribution in [2.45, 2.75) is 58.0 Å². The first-order valence-electron chi connectivity index (χ1n) is 11.4. The van der Waals surface area contributed by atoms with Crippen LogP contribution in [0.1, 0.15) is 49.3 Å². The molecular formula is C26H33ClN2O. The van der Waals surface area contributed by atoms with Gasteiger partial charge < -0.3 is 9.80 Å². The molecule has 0 radical (unpaired) electrons. The zero-order valence-electron chi connectivity index (χ0n) is 18.0. The van der Waals surface area contributed by atoms with E-state index in [0.29, 0.717) is 11.8 Å². The highest BCUT2D eigenvalue weighted by atomic mass is 35.5.